The van der Waals surface area contributed by atoms with Crippen LogP contribution in [0.5, 0.6) is 0 Å². The van der Waals surface area contributed by atoms with Gasteiger partial charge in [0.15, 0.2) is 0 Å². The number of anilines is 1. The molecule has 1 aliphatic heterocycles. The zero-order valence-electron chi connectivity index (χ0n) is 22.8. The van der Waals surface area contributed by atoms with Crippen LogP contribution in [0.1, 0.15) is 32.0 Å². The highest BCUT2D eigenvalue weighted by molar-refractivity contribution is 6.07. The number of aromatic nitrogens is 2. The van der Waals surface area contributed by atoms with Crippen molar-refractivity contribution in [3.05, 3.63) is 95.1 Å². The predicted molar refractivity (Wildman–Crippen MR) is 153 cm³/mol. The molecule has 0 spiro atoms. The van der Waals surface area contributed by atoms with E-state index in [4.69, 9.17) is 4.74 Å². The number of benzene rings is 2. The summed E-state index contributed by atoms with van der Waals surface area (Å²) in [5, 5.41) is 5.59. The molecule has 9 nitrogen and oxygen atoms in total. The van der Waals surface area contributed by atoms with Gasteiger partial charge in [-0.05, 0) is 47.5 Å². The predicted octanol–water partition coefficient (Wildman–Crippen LogP) is 4.07. The van der Waals surface area contributed by atoms with Gasteiger partial charge < -0.3 is 25.3 Å². The van der Waals surface area contributed by atoms with E-state index in [0.29, 0.717) is 59.9 Å². The topological polar surface area (TPSA) is 116 Å². The summed E-state index contributed by atoms with van der Waals surface area (Å²) in [7, 11) is 3.33. The van der Waals surface area contributed by atoms with E-state index in [1.807, 2.05) is 0 Å². The van der Waals surface area contributed by atoms with Crippen LogP contribution in [0.3, 0.4) is 0 Å². The van der Waals surface area contributed by atoms with E-state index in [-0.39, 0.29) is 30.0 Å². The Labute approximate surface area is 236 Å². The van der Waals surface area contributed by atoms with Crippen molar-refractivity contribution in [1.82, 2.24) is 20.2 Å². The lowest BCUT2D eigenvalue weighted by molar-refractivity contribution is -0.115. The summed E-state index contributed by atoms with van der Waals surface area (Å²) in [6, 6.07) is 16.4. The molecule has 10 heteroatoms. The zero-order chi connectivity index (χ0) is 28.9. The molecule has 3 heterocycles. The van der Waals surface area contributed by atoms with Crippen LogP contribution in [-0.4, -0.2) is 66.4 Å². The third-order valence-electron chi connectivity index (χ3n) is 6.96. The van der Waals surface area contributed by atoms with Gasteiger partial charge in [0.05, 0.1) is 24.3 Å². The summed E-state index contributed by atoms with van der Waals surface area (Å²) in [5.74, 6) is -0.597. The van der Waals surface area contributed by atoms with Gasteiger partial charge in [-0.2, -0.15) is 0 Å². The van der Waals surface area contributed by atoms with Crippen molar-refractivity contribution >= 4 is 23.5 Å². The molecule has 0 unspecified atom stereocenters. The molecule has 41 heavy (non-hydrogen) atoms. The lowest BCUT2D eigenvalue weighted by Gasteiger charge is -2.23. The molecule has 1 aliphatic rings. The molecule has 3 N–H and O–H groups in total. The zero-order valence-corrected chi connectivity index (χ0v) is 22.8. The Hall–Kier alpha value is -4.83. The molecule has 210 valence electrons. The number of pyridine rings is 1. The number of H-pyrrole nitrogens is 1. The molecule has 0 radical (unpaired) electrons. The van der Waals surface area contributed by atoms with Crippen LogP contribution in [0, 0.1) is 5.82 Å². The number of carbonyl (C=O) groups is 3. The minimum absolute atomic E-state index is 0.0932. The van der Waals surface area contributed by atoms with E-state index in [9.17, 15) is 18.8 Å². The second kappa shape index (κ2) is 12.1. The first-order valence-electron chi connectivity index (χ1n) is 13.2. The maximum Gasteiger partial charge on any atom is 0.256 e. The lowest BCUT2D eigenvalue weighted by Crippen LogP contribution is -2.34. The Morgan fingerprint density at radius 1 is 1.05 bits per heavy atom. The molecule has 0 aliphatic carbocycles. The van der Waals surface area contributed by atoms with Gasteiger partial charge in [0, 0.05) is 62.2 Å². The minimum Gasteiger partial charge on any atom is -0.383 e. The van der Waals surface area contributed by atoms with E-state index < -0.39 is 0 Å². The van der Waals surface area contributed by atoms with Gasteiger partial charge in [-0.1, -0.05) is 24.3 Å². The molecule has 0 atom stereocenters. The number of aromatic amines is 1. The Bertz CT molecular complexity index is 1580. The Kier molecular flexibility index (Phi) is 8.21. The summed E-state index contributed by atoms with van der Waals surface area (Å²) in [5.41, 5.74) is 5.44. The van der Waals surface area contributed by atoms with Crippen LogP contribution in [0.25, 0.3) is 22.4 Å². The van der Waals surface area contributed by atoms with Crippen molar-refractivity contribution in [1.29, 1.82) is 0 Å². The van der Waals surface area contributed by atoms with Crippen LogP contribution in [0.2, 0.25) is 0 Å². The number of amides is 3. The molecule has 3 amide bonds. The largest absolute Gasteiger partial charge is 0.383 e. The Balaban J connectivity index is 1.35. The second-order valence-electron chi connectivity index (χ2n) is 9.81. The van der Waals surface area contributed by atoms with E-state index in [2.05, 4.69) is 20.6 Å². The fourth-order valence-electron chi connectivity index (χ4n) is 4.84. The maximum absolute atomic E-state index is 13.7. The molecule has 2 aromatic heterocycles. The van der Waals surface area contributed by atoms with Gasteiger partial charge in [-0.3, -0.25) is 14.4 Å². The van der Waals surface area contributed by atoms with Crippen LogP contribution in [0.4, 0.5) is 10.2 Å². The second-order valence-corrected chi connectivity index (χ2v) is 9.81. The summed E-state index contributed by atoms with van der Waals surface area (Å²) in [4.78, 5) is 47.6. The summed E-state index contributed by atoms with van der Waals surface area (Å²) < 4.78 is 18.7. The lowest BCUT2D eigenvalue weighted by atomic mass is 9.94. The number of carbonyl (C=O) groups excluding carboxylic acids is 3. The molecule has 2 aromatic carbocycles. The number of likely N-dealkylation sites (N-methyl/N-ethyl adjacent to an activating group) is 1. The van der Waals surface area contributed by atoms with Crippen molar-refractivity contribution in [2.75, 3.05) is 39.2 Å². The molecule has 0 bridgehead atoms. The Morgan fingerprint density at radius 2 is 1.80 bits per heavy atom. The minimum atomic E-state index is -0.364. The third-order valence-corrected chi connectivity index (χ3v) is 6.96. The van der Waals surface area contributed by atoms with Crippen LogP contribution < -0.4 is 10.6 Å². The smallest absolute Gasteiger partial charge is 0.256 e. The monoisotopic (exact) mass is 555 g/mol. The average Bonchev–Trinajstić information content (AvgIpc) is 3.36. The van der Waals surface area contributed by atoms with E-state index in [1.54, 1.807) is 73.8 Å². The highest BCUT2D eigenvalue weighted by atomic mass is 19.1. The normalized spacial score (nSPS) is 12.7. The fourth-order valence-corrected chi connectivity index (χ4v) is 4.84. The number of fused-ring (bicyclic) bond motifs is 1. The van der Waals surface area contributed by atoms with E-state index in [1.165, 1.54) is 12.1 Å². The molecule has 0 saturated carbocycles. The van der Waals surface area contributed by atoms with Crippen LogP contribution in [0.15, 0.2) is 66.9 Å². The number of hydrogen-bond donors (Lipinski definition) is 3. The van der Waals surface area contributed by atoms with Gasteiger partial charge in [0.2, 0.25) is 5.91 Å². The van der Waals surface area contributed by atoms with E-state index >= 15 is 0 Å². The van der Waals surface area contributed by atoms with Gasteiger partial charge in [0.1, 0.15) is 11.6 Å². The number of nitrogens with zero attached hydrogens (tertiary/aromatic N) is 2. The number of hydrogen-bond acceptors (Lipinski definition) is 5. The molecular weight excluding hydrogens is 525 g/mol. The number of ether oxygens (including phenoxy) is 1. The SMILES string of the molecule is COCCNC(=O)c1ccc(CC(=O)Nc2cc(-c3[nH]c4c(c3-c3ccc(F)cc3)C(=O)N(C)CC4)ccn2)cc1. The van der Waals surface area contributed by atoms with Gasteiger partial charge in [0.25, 0.3) is 11.8 Å². The van der Waals surface area contributed by atoms with Crippen molar-refractivity contribution < 1.29 is 23.5 Å². The van der Waals surface area contributed by atoms with Crippen LogP contribution >= 0.6 is 0 Å². The number of rotatable bonds is 9. The molecule has 4 aromatic rings. The molecular formula is C31H30FN5O4. The quantitative estimate of drug-likeness (QED) is 0.269. The highest BCUT2D eigenvalue weighted by Gasteiger charge is 2.30. The van der Waals surface area contributed by atoms with Crippen molar-refractivity contribution in [3.8, 4) is 22.4 Å². The Morgan fingerprint density at radius 3 is 2.54 bits per heavy atom. The third kappa shape index (κ3) is 6.17. The molecule has 0 fully saturated rings. The average molecular weight is 556 g/mol. The van der Waals surface area contributed by atoms with Gasteiger partial charge >= 0.3 is 0 Å². The number of nitrogens with one attached hydrogen (secondary N) is 3. The van der Waals surface area contributed by atoms with E-state index in [0.717, 1.165) is 16.8 Å². The summed E-state index contributed by atoms with van der Waals surface area (Å²) in [6.07, 6.45) is 2.34. The number of methoxy groups -OCH3 is 1. The van der Waals surface area contributed by atoms with Gasteiger partial charge in [-0.25, -0.2) is 9.37 Å². The van der Waals surface area contributed by atoms with Gasteiger partial charge in [-0.15, -0.1) is 0 Å². The van der Waals surface area contributed by atoms with Crippen molar-refractivity contribution in [2.45, 2.75) is 12.8 Å². The molecule has 5 rings (SSSR count). The maximum atomic E-state index is 13.7. The van der Waals surface area contributed by atoms with Crippen molar-refractivity contribution in [3.63, 3.8) is 0 Å². The first-order chi connectivity index (χ1) is 19.8. The highest BCUT2D eigenvalue weighted by Crippen LogP contribution is 2.39. The first-order valence-corrected chi connectivity index (χ1v) is 13.2. The first kappa shape index (κ1) is 27.7. The summed E-state index contributed by atoms with van der Waals surface area (Å²) in [6.45, 7) is 1.43. The van der Waals surface area contributed by atoms with Crippen LogP contribution in [-0.2, 0) is 22.4 Å². The standard InChI is InChI=1S/C31H30FN5O4/c1-37-15-12-24-28(31(37)40)27(20-7-9-23(32)10-8-20)29(35-24)22-11-13-33-25(18-22)36-26(38)17-19-3-5-21(6-4-19)30(39)34-14-16-41-2/h3-11,13,18,35H,12,14-17H2,1-2H3,(H,34,39)(H,33,36,38). The van der Waals surface area contributed by atoms with Crippen molar-refractivity contribution in [2.24, 2.45) is 0 Å². The molecule has 0 saturated heterocycles. The number of halogens is 1. The summed E-state index contributed by atoms with van der Waals surface area (Å²) >= 11 is 0. The fraction of sp³-hybridized carbons (Fsp3) is 0.226.